The Labute approximate surface area is 280 Å². The van der Waals surface area contributed by atoms with Crippen LogP contribution in [0, 0.1) is 0 Å². The lowest BCUT2D eigenvalue weighted by atomic mass is 10.1. The Kier molecular flexibility index (Phi) is 6.12. The number of halogens is 1. The zero-order valence-electron chi connectivity index (χ0n) is 24.4. The number of nitrogens with zero attached hydrogens (tertiary/aromatic N) is 7. The monoisotopic (exact) mass is 708 g/mol. The number of nitrogens with one attached hydrogen (secondary N) is 1. The fourth-order valence-corrected chi connectivity index (χ4v) is 8.16. The van der Waals surface area contributed by atoms with Crippen LogP contribution in [0.1, 0.15) is 0 Å². The summed E-state index contributed by atoms with van der Waals surface area (Å²) in [6.07, 6.45) is 0. The van der Waals surface area contributed by atoms with Crippen molar-refractivity contribution in [3.63, 3.8) is 0 Å². The van der Waals surface area contributed by atoms with Crippen LogP contribution in [0.2, 0.25) is 5.02 Å². The molecule has 14 nitrogen and oxygen atoms in total. The molecule has 0 unspecified atom stereocenters. The van der Waals surface area contributed by atoms with E-state index in [0.29, 0.717) is 37.0 Å². The molecule has 0 amide bonds. The molecule has 0 atom stereocenters. The first kappa shape index (κ1) is 29.5. The van der Waals surface area contributed by atoms with Gasteiger partial charge in [0.05, 0.1) is 10.4 Å². The third kappa shape index (κ3) is 4.46. The molecule has 49 heavy (non-hydrogen) atoms. The maximum atomic E-state index is 13.1. The minimum Gasteiger partial charge on any atom is -0.324 e. The van der Waals surface area contributed by atoms with E-state index >= 15 is 0 Å². The van der Waals surface area contributed by atoms with Crippen molar-refractivity contribution in [1.82, 2.24) is 38.9 Å². The van der Waals surface area contributed by atoms with Gasteiger partial charge in [0.15, 0.2) is 34.6 Å². The van der Waals surface area contributed by atoms with Gasteiger partial charge in [-0.15, -0.1) is 0 Å². The molecular weight excluding hydrogens is 692 g/mol. The smallest absolute Gasteiger partial charge is 0.324 e. The Morgan fingerprint density at radius 2 is 1.00 bits per heavy atom. The maximum absolute atomic E-state index is 13.1. The summed E-state index contributed by atoms with van der Waals surface area (Å²) in [6.45, 7) is 0. The fourth-order valence-electron chi connectivity index (χ4n) is 6.22. The zero-order chi connectivity index (χ0) is 33.8. The third-order valence-electron chi connectivity index (χ3n) is 8.22. The Morgan fingerprint density at radius 3 is 1.47 bits per heavy atom. The lowest BCUT2D eigenvalue weighted by Gasteiger charge is -2.02. The molecule has 8 bridgehead atoms. The fraction of sp³-hybridized carbons (Fsp3) is 0. The van der Waals surface area contributed by atoms with Crippen LogP contribution in [0.15, 0.2) is 89.8 Å². The number of fused-ring (bicyclic) bond motifs is 20. The highest BCUT2D eigenvalue weighted by Crippen LogP contribution is 2.39. The highest BCUT2D eigenvalue weighted by Gasteiger charge is 2.27. The Bertz CT molecular complexity index is 3040. The van der Waals surface area contributed by atoms with Gasteiger partial charge in [-0.05, 0) is 12.1 Å². The largest absolute Gasteiger partial charge is 0.366 e. The molecule has 9 rings (SSSR count). The molecular formula is C32H17ClN8O6S2. The van der Waals surface area contributed by atoms with Crippen LogP contribution < -0.4 is 0 Å². The van der Waals surface area contributed by atoms with Gasteiger partial charge in [-0.1, -0.05) is 84.4 Å². The molecule has 240 valence electrons. The first-order valence-electron chi connectivity index (χ1n) is 14.4. The Morgan fingerprint density at radius 1 is 0.551 bits per heavy atom. The molecule has 2 aliphatic rings. The van der Waals surface area contributed by atoms with Crippen molar-refractivity contribution in [3.05, 3.63) is 90.0 Å². The predicted octanol–water partition coefficient (Wildman–Crippen LogP) is 5.89. The second kappa shape index (κ2) is 10.2. The zero-order valence-corrected chi connectivity index (χ0v) is 26.8. The molecule has 7 aromatic rings. The average molecular weight is 709 g/mol. The molecule has 4 aromatic carbocycles. The van der Waals surface area contributed by atoms with Crippen LogP contribution in [-0.4, -0.2) is 64.8 Å². The first-order valence-corrected chi connectivity index (χ1v) is 17.6. The molecule has 0 spiro atoms. The third-order valence-corrected chi connectivity index (χ3v) is 10.4. The Hall–Kier alpha value is -5.65. The van der Waals surface area contributed by atoms with Gasteiger partial charge >= 0.3 is 10.3 Å². The second-order valence-corrected chi connectivity index (χ2v) is 14.1. The number of aromatic nitrogens is 8. The molecule has 0 aliphatic carbocycles. The summed E-state index contributed by atoms with van der Waals surface area (Å²) < 4.78 is 73.2. The molecule has 3 aromatic heterocycles. The average Bonchev–Trinajstić information content (AvgIpc) is 3.78. The Balaban J connectivity index is 1.59. The lowest BCUT2D eigenvalue weighted by Crippen LogP contribution is -2.11. The normalized spacial score (nSPS) is 12.7. The van der Waals surface area contributed by atoms with Crippen LogP contribution in [-0.2, 0) is 20.4 Å². The summed E-state index contributed by atoms with van der Waals surface area (Å²) in [4.78, 5) is 30.6. The molecule has 5 heterocycles. The van der Waals surface area contributed by atoms with Crippen LogP contribution in [0.25, 0.3) is 89.7 Å². The van der Waals surface area contributed by atoms with E-state index in [1.54, 1.807) is 72.8 Å². The van der Waals surface area contributed by atoms with E-state index in [1.807, 2.05) is 0 Å². The first-order chi connectivity index (χ1) is 23.5. The number of aromatic amines is 1. The van der Waals surface area contributed by atoms with E-state index in [-0.39, 0.29) is 61.7 Å². The summed E-state index contributed by atoms with van der Waals surface area (Å²) in [6, 6.07) is 23.4. The van der Waals surface area contributed by atoms with Crippen molar-refractivity contribution in [1.29, 1.82) is 0 Å². The van der Waals surface area contributed by atoms with Crippen molar-refractivity contribution >= 4 is 76.2 Å². The summed E-state index contributed by atoms with van der Waals surface area (Å²) in [5, 5.41) is 0.678. The summed E-state index contributed by atoms with van der Waals surface area (Å²) >= 11 is 6.35. The van der Waals surface area contributed by atoms with Gasteiger partial charge in [-0.25, -0.2) is 29.9 Å². The van der Waals surface area contributed by atoms with Crippen LogP contribution in [0.3, 0.4) is 0 Å². The number of hydrogen-bond acceptors (Lipinski definition) is 10. The highest BCUT2D eigenvalue weighted by atomic mass is 35.5. The minimum atomic E-state index is -5.01. The van der Waals surface area contributed by atoms with Gasteiger partial charge in [0, 0.05) is 38.4 Å². The van der Waals surface area contributed by atoms with Crippen molar-refractivity contribution in [2.24, 2.45) is 0 Å². The maximum Gasteiger partial charge on any atom is 0.366 e. The molecule has 0 fully saturated rings. The van der Waals surface area contributed by atoms with E-state index < -0.39 is 25.3 Å². The standard InChI is InChI=1S/C32H17ClN8O6S2/c33-22-14-13-21-23(24(22)48(42,43)44)30-37-26-16-8-2-4-10-18(16)28(35-26)40-32-20-12-6-5-11-19(20)31(41(32)49(45,46)47)39-27-17-9-3-1-7-15(17)25(34-27)36-29(21)38-30/h1-14H,(H,42,43,44)(H,45,46,47)(H,34,35,36,37,38,39,40). The molecule has 0 saturated carbocycles. The SMILES string of the molecule is O=S(=O)(O)c1c(Cl)ccc2c3nc4nc(nc5c6ccccc6c(nc6nc(nc([nH]3)c12)-c1ccccc1-6)n5S(=O)(=O)O)-c1ccccc1-4. The van der Waals surface area contributed by atoms with E-state index in [1.165, 1.54) is 12.1 Å². The van der Waals surface area contributed by atoms with Crippen LogP contribution >= 0.6 is 11.6 Å². The summed E-state index contributed by atoms with van der Waals surface area (Å²) in [5.41, 5.74) is 1.75. The second-order valence-electron chi connectivity index (χ2n) is 11.1. The molecule has 3 N–H and O–H groups in total. The van der Waals surface area contributed by atoms with E-state index in [2.05, 4.69) is 24.9 Å². The summed E-state index contributed by atoms with van der Waals surface area (Å²) in [5.74, 6) is 0.366. The molecule has 0 radical (unpaired) electrons. The highest BCUT2D eigenvalue weighted by molar-refractivity contribution is 7.86. The van der Waals surface area contributed by atoms with Crippen LogP contribution in [0.4, 0.5) is 0 Å². The number of benzene rings is 4. The van der Waals surface area contributed by atoms with Crippen LogP contribution in [0.5, 0.6) is 0 Å². The number of hydrogen-bond donors (Lipinski definition) is 3. The molecule has 2 aliphatic heterocycles. The van der Waals surface area contributed by atoms with E-state index in [4.69, 9.17) is 21.6 Å². The van der Waals surface area contributed by atoms with Gasteiger partial charge in [-0.3, -0.25) is 9.11 Å². The molecule has 17 heteroatoms. The number of rotatable bonds is 2. The van der Waals surface area contributed by atoms with E-state index in [9.17, 15) is 25.9 Å². The van der Waals surface area contributed by atoms with E-state index in [0.717, 1.165) is 0 Å². The van der Waals surface area contributed by atoms with Gasteiger partial charge in [0.2, 0.25) is 0 Å². The van der Waals surface area contributed by atoms with Gasteiger partial charge in [0.1, 0.15) is 16.2 Å². The van der Waals surface area contributed by atoms with Crippen molar-refractivity contribution in [2.75, 3.05) is 0 Å². The van der Waals surface area contributed by atoms with Crippen molar-refractivity contribution in [2.45, 2.75) is 4.90 Å². The number of H-pyrrole nitrogens is 1. The van der Waals surface area contributed by atoms with Crippen molar-refractivity contribution < 1.29 is 25.9 Å². The quantitative estimate of drug-likeness (QED) is 0.180. The van der Waals surface area contributed by atoms with Gasteiger partial charge < -0.3 is 4.98 Å². The lowest BCUT2D eigenvalue weighted by molar-refractivity contribution is 0.475. The minimum absolute atomic E-state index is 0.0411. The topological polar surface area (TPSA) is 207 Å². The summed E-state index contributed by atoms with van der Waals surface area (Å²) in [7, 11) is -9.89. The predicted molar refractivity (Wildman–Crippen MR) is 181 cm³/mol. The van der Waals surface area contributed by atoms with Gasteiger partial charge in [-0.2, -0.15) is 20.8 Å². The molecule has 0 saturated heterocycles. The van der Waals surface area contributed by atoms with Gasteiger partial charge in [0.25, 0.3) is 10.1 Å². The van der Waals surface area contributed by atoms with Crippen molar-refractivity contribution in [3.8, 4) is 45.6 Å².